The van der Waals surface area contributed by atoms with Crippen molar-refractivity contribution in [3.63, 3.8) is 0 Å². The van der Waals surface area contributed by atoms with Gasteiger partial charge in [-0.1, -0.05) is 141 Å². The van der Waals surface area contributed by atoms with Gasteiger partial charge in [0.15, 0.2) is 33.1 Å². The number of para-hydroxylation sites is 1. The van der Waals surface area contributed by atoms with Crippen molar-refractivity contribution in [2.45, 2.75) is 197 Å². The zero-order valence-corrected chi connectivity index (χ0v) is 63.5. The Morgan fingerprint density at radius 3 is 1.92 bits per heavy atom. The standard InChI is InChI=1S/C86H110FN9O11S/c1-55(97)82-80(102)50-65(42-58-33-37-68(87)38-34-58)76(98)32-11-5-10-24-60(25-15-17-41-108(106,107)54-59-44-71-70-30-18-27-61-35-36-62(81(61)70)47-75(71)96(2)53-59)77(99)48-64(28-19-40-91-86(89)90)83(103)93-73(45-57-22-8-4-9-23-57)79(101)51-66(43-56-20-6-3-7-21-56)85(105)94-74(46-67-52-92-72-31-13-12-29-69(67)72)78(100)49-63(84(104)95-82)26-14-16-39-88/h3-4,6-9,12-13,18,20-23,27,29-31,33-34,36-38,52,55,59-60,63-66,71,73-75,82,92,97H,5,10-11,14-17,19,24-26,28,32,35,39-51,53-54,88H2,1-2H3,(H,93,103)(H,94,105)(H,95,104)(H4,89,90,91)/t55-,59-,60+,63-,64-,65-,66-,71-,73+,74-,75-,82+/m1/s1. The first-order valence-electron chi connectivity index (χ1n) is 39.1. The van der Waals surface area contributed by atoms with E-state index in [1.165, 1.54) is 53.5 Å². The number of nitrogens with zero attached hydrogens (tertiary/aromatic N) is 2. The lowest BCUT2D eigenvalue weighted by molar-refractivity contribution is -0.137. The molecule has 10 rings (SSSR count). The molecule has 12 atom stereocenters. The van der Waals surface area contributed by atoms with Crippen LogP contribution in [0.4, 0.5) is 4.39 Å². The highest BCUT2D eigenvalue weighted by molar-refractivity contribution is 7.91. The number of ketones is 5. The number of allylic oxidation sites excluding steroid dienone is 1. The van der Waals surface area contributed by atoms with Crippen LogP contribution in [0.25, 0.3) is 16.5 Å². The van der Waals surface area contributed by atoms with Crippen LogP contribution in [-0.2, 0) is 80.3 Å². The Bertz CT molecular complexity index is 4260. The summed E-state index contributed by atoms with van der Waals surface area (Å²) in [4.78, 5) is 131. The van der Waals surface area contributed by atoms with Crippen molar-refractivity contribution in [3.05, 3.63) is 184 Å². The molecule has 4 aliphatic rings. The number of aromatic nitrogens is 1. The Balaban J connectivity index is 0.958. The molecule has 2 aliphatic heterocycles. The SMILES string of the molecule is C[C@@H](O)[C@@H]1NC(=O)[C@H](CCCCN)CC(=O)[C@@H](Cc2c[nH]c3ccccc23)NC(=O)[C@H](Cc2ccccc2)CC(=O)[C@H](Cc2ccccc2)NC(=O)[C@H](CCCN=C(N)N)CC(=O)[C@H](CCCCS(=O)(=O)C[C@@H]2C[C@@H]3c4cccc5c4C(=CC5)C[C@H]3N(C)C2)CCCCCC(=O)[C@H](Cc2ccc(F)cc2)CC1=O. The highest BCUT2D eigenvalue weighted by Gasteiger charge is 2.43. The Morgan fingerprint density at radius 1 is 0.611 bits per heavy atom. The third-order valence-corrected chi connectivity index (χ3v) is 24.6. The zero-order valence-electron chi connectivity index (χ0n) is 62.7. The fourth-order valence-electron chi connectivity index (χ4n) is 16.9. The molecule has 0 unspecified atom stereocenters. The van der Waals surface area contributed by atoms with E-state index < -0.39 is 124 Å². The van der Waals surface area contributed by atoms with Gasteiger partial charge in [0.25, 0.3) is 0 Å². The number of likely N-dealkylation sites (N-methyl/N-ethyl adjacent to an activating group) is 1. The van der Waals surface area contributed by atoms with Gasteiger partial charge in [-0.3, -0.25) is 43.3 Å². The first-order chi connectivity index (χ1) is 52.0. The molecule has 3 amide bonds. The van der Waals surface area contributed by atoms with Gasteiger partial charge in [-0.15, -0.1) is 0 Å². The number of rotatable bonds is 24. The highest BCUT2D eigenvalue weighted by atomic mass is 32.2. The molecule has 2 aliphatic carbocycles. The average Bonchev–Trinajstić information content (AvgIpc) is 1.48. The van der Waals surface area contributed by atoms with Gasteiger partial charge >= 0.3 is 0 Å². The summed E-state index contributed by atoms with van der Waals surface area (Å²) in [6.07, 6.45) is 7.97. The minimum Gasteiger partial charge on any atom is -0.391 e. The number of aromatic amines is 1. The van der Waals surface area contributed by atoms with E-state index >= 15 is 24.0 Å². The fourth-order valence-corrected chi connectivity index (χ4v) is 18.7. The van der Waals surface area contributed by atoms with Crippen molar-refractivity contribution >= 4 is 78.9 Å². The number of aliphatic imine (C=N–C) groups is 1. The molecule has 0 saturated carbocycles. The molecule has 0 spiro atoms. The number of unbranched alkanes of at least 4 members (excludes halogenated alkanes) is 2. The van der Waals surface area contributed by atoms with E-state index in [0.717, 1.165) is 30.2 Å². The number of amides is 3. The van der Waals surface area contributed by atoms with Gasteiger partial charge in [0, 0.05) is 110 Å². The molecular weight excluding hydrogens is 1390 g/mol. The quantitative estimate of drug-likeness (QED) is 0.0159. The minimum atomic E-state index is -3.55. The normalized spacial score (nSPS) is 24.7. The summed E-state index contributed by atoms with van der Waals surface area (Å²) in [5.74, 6) is -9.44. The summed E-state index contributed by atoms with van der Waals surface area (Å²) in [6.45, 7) is 2.44. The van der Waals surface area contributed by atoms with Gasteiger partial charge < -0.3 is 48.1 Å². The van der Waals surface area contributed by atoms with Crippen LogP contribution < -0.4 is 33.2 Å². The van der Waals surface area contributed by atoms with E-state index in [9.17, 15) is 32.3 Å². The van der Waals surface area contributed by atoms with Crippen LogP contribution >= 0.6 is 0 Å². The summed E-state index contributed by atoms with van der Waals surface area (Å²) >= 11 is 0. The topological polar surface area (TPSA) is 336 Å². The molecule has 2 saturated heterocycles. The molecule has 11 N–H and O–H groups in total. The largest absolute Gasteiger partial charge is 0.391 e. The lowest BCUT2D eigenvalue weighted by Gasteiger charge is -2.46. The van der Waals surface area contributed by atoms with Crippen LogP contribution in [0.15, 0.2) is 145 Å². The number of piperidine rings is 1. The van der Waals surface area contributed by atoms with Crippen molar-refractivity contribution in [1.82, 2.24) is 25.8 Å². The monoisotopic (exact) mass is 1500 g/mol. The Labute approximate surface area is 635 Å². The zero-order chi connectivity index (χ0) is 76.9. The molecular formula is C86H110FN9O11S. The van der Waals surface area contributed by atoms with Crippen molar-refractivity contribution in [2.24, 2.45) is 57.7 Å². The molecule has 22 heteroatoms. The van der Waals surface area contributed by atoms with Crippen molar-refractivity contribution in [1.29, 1.82) is 0 Å². The summed E-state index contributed by atoms with van der Waals surface area (Å²) in [6, 6.07) is 34.1. The molecule has 108 heavy (non-hydrogen) atoms. The van der Waals surface area contributed by atoms with Gasteiger partial charge in [0.2, 0.25) is 17.7 Å². The minimum absolute atomic E-state index is 0.0145. The summed E-state index contributed by atoms with van der Waals surface area (Å²) in [7, 11) is -1.44. The number of nitrogens with one attached hydrogen (secondary N) is 4. The van der Waals surface area contributed by atoms with Crippen LogP contribution in [0.5, 0.6) is 0 Å². The highest BCUT2D eigenvalue weighted by Crippen LogP contribution is 2.49. The molecule has 20 nitrogen and oxygen atoms in total. The lowest BCUT2D eigenvalue weighted by atomic mass is 9.70. The number of benzene rings is 5. The van der Waals surface area contributed by atoms with Crippen LogP contribution in [0.2, 0.25) is 0 Å². The molecule has 6 aromatic rings. The average molecular weight is 1500 g/mol. The molecule has 0 radical (unpaired) electrons. The molecule has 578 valence electrons. The number of aliphatic hydroxyl groups is 1. The second-order valence-corrected chi connectivity index (χ2v) is 33.2. The maximum absolute atomic E-state index is 15.5. The number of likely N-dealkylation sites (tertiary alicyclic amines) is 1. The number of fused-ring (bicyclic) bond motifs is 3. The predicted molar refractivity (Wildman–Crippen MR) is 419 cm³/mol. The molecule has 5 aromatic carbocycles. The van der Waals surface area contributed by atoms with Crippen molar-refractivity contribution in [3.8, 4) is 0 Å². The van der Waals surface area contributed by atoms with E-state index in [4.69, 9.17) is 17.2 Å². The van der Waals surface area contributed by atoms with Gasteiger partial charge in [-0.05, 0) is 179 Å². The number of halogens is 1. The Morgan fingerprint density at radius 2 is 1.21 bits per heavy atom. The number of sulfone groups is 1. The first-order valence-corrected chi connectivity index (χ1v) is 40.9. The van der Waals surface area contributed by atoms with Gasteiger partial charge in [0.05, 0.1) is 29.7 Å². The first kappa shape index (κ1) is 81.7. The van der Waals surface area contributed by atoms with Crippen LogP contribution in [0.1, 0.15) is 174 Å². The second kappa shape index (κ2) is 39.5. The maximum atomic E-state index is 15.5. The Kier molecular flexibility index (Phi) is 29.9. The molecule has 0 bridgehead atoms. The van der Waals surface area contributed by atoms with Crippen LogP contribution in [0, 0.1) is 41.3 Å². The number of H-pyrrole nitrogens is 1. The number of nitrogens with two attached hydrogens (primary N) is 3. The fraction of sp³-hybridized carbons (Fsp3) is 0.500. The van der Waals surface area contributed by atoms with Gasteiger partial charge in [-0.2, -0.15) is 0 Å². The number of guanidine groups is 1. The Hall–Kier alpha value is -8.83. The van der Waals surface area contributed by atoms with E-state index in [1.54, 1.807) is 6.20 Å². The molecule has 3 heterocycles. The summed E-state index contributed by atoms with van der Waals surface area (Å²) in [5.41, 5.74) is 26.4. The third-order valence-electron chi connectivity index (χ3n) is 22.8. The van der Waals surface area contributed by atoms with E-state index in [0.29, 0.717) is 92.6 Å². The van der Waals surface area contributed by atoms with Crippen LogP contribution in [0.3, 0.4) is 0 Å². The van der Waals surface area contributed by atoms with Crippen molar-refractivity contribution < 1.29 is 56.3 Å². The number of Topliss-reactive ketones (excluding diaryl/α,β-unsaturated/α-hetero) is 5. The van der Waals surface area contributed by atoms with Gasteiger partial charge in [0.1, 0.15) is 23.4 Å². The summed E-state index contributed by atoms with van der Waals surface area (Å²) < 4.78 is 42.8. The predicted octanol–water partition coefficient (Wildman–Crippen LogP) is 10.1. The van der Waals surface area contributed by atoms with Crippen molar-refractivity contribution in [2.75, 3.05) is 38.2 Å². The van der Waals surface area contributed by atoms with E-state index in [1.807, 2.05) is 84.9 Å². The number of carbonyl (C=O) groups excluding carboxylic acids is 8. The number of aliphatic hydroxyl groups excluding tert-OH is 1. The number of carbonyl (C=O) groups is 8. The molecule has 1 aromatic heterocycles. The molecule has 2 fully saturated rings. The smallest absolute Gasteiger partial charge is 0.224 e. The number of hydrogen-bond acceptors (Lipinski definition) is 14. The van der Waals surface area contributed by atoms with Gasteiger partial charge in [-0.25, -0.2) is 12.8 Å². The van der Waals surface area contributed by atoms with E-state index in [-0.39, 0.29) is 112 Å². The lowest BCUT2D eigenvalue weighted by Crippen LogP contribution is -2.51. The second-order valence-electron chi connectivity index (χ2n) is 30.9. The number of hydrogen-bond donors (Lipinski definition) is 8. The van der Waals surface area contributed by atoms with Crippen LogP contribution in [-0.4, -0.2) is 144 Å². The third kappa shape index (κ3) is 23.1. The maximum Gasteiger partial charge on any atom is 0.224 e. The van der Waals surface area contributed by atoms with E-state index in [2.05, 4.69) is 62.1 Å². The summed E-state index contributed by atoms with van der Waals surface area (Å²) in [5, 5.41) is 21.0.